The number of hydrogen-bond donors (Lipinski definition) is 2. The van der Waals surface area contributed by atoms with Gasteiger partial charge in [0.05, 0.1) is 11.7 Å². The number of pyridine rings is 2. The van der Waals surface area contributed by atoms with Gasteiger partial charge >= 0.3 is 0 Å². The van der Waals surface area contributed by atoms with Gasteiger partial charge in [0, 0.05) is 42.5 Å². The molecular weight excluding hydrogens is 362 g/mol. The van der Waals surface area contributed by atoms with Crippen molar-refractivity contribution in [1.82, 2.24) is 29.5 Å². The van der Waals surface area contributed by atoms with Gasteiger partial charge in [-0.3, -0.25) is 10.1 Å². The molecule has 0 fully saturated rings. The zero-order chi connectivity index (χ0) is 19.5. The Balaban J connectivity index is 1.47. The highest BCUT2D eigenvalue weighted by Gasteiger charge is 2.19. The molecule has 5 rings (SSSR count). The highest BCUT2D eigenvalue weighted by Crippen LogP contribution is 2.23. The molecule has 0 bridgehead atoms. The van der Waals surface area contributed by atoms with Gasteiger partial charge in [-0.1, -0.05) is 24.3 Å². The fourth-order valence-electron chi connectivity index (χ4n) is 3.31. The van der Waals surface area contributed by atoms with E-state index in [4.69, 9.17) is 9.97 Å². The summed E-state index contributed by atoms with van der Waals surface area (Å²) in [4.78, 5) is 13.5. The van der Waals surface area contributed by atoms with Crippen LogP contribution in [-0.2, 0) is 6.42 Å². The number of rotatable bonds is 6. The summed E-state index contributed by atoms with van der Waals surface area (Å²) in [6.07, 6.45) is 8.20. The van der Waals surface area contributed by atoms with Crippen LogP contribution in [-0.4, -0.2) is 29.5 Å². The van der Waals surface area contributed by atoms with E-state index >= 15 is 0 Å². The van der Waals surface area contributed by atoms with Crippen LogP contribution in [0.15, 0.2) is 85.5 Å². The van der Waals surface area contributed by atoms with Crippen molar-refractivity contribution >= 4 is 11.3 Å². The van der Waals surface area contributed by atoms with Crippen LogP contribution in [0.1, 0.15) is 17.6 Å². The van der Waals surface area contributed by atoms with E-state index in [1.165, 1.54) is 0 Å². The lowest BCUT2D eigenvalue weighted by Crippen LogP contribution is -2.15. The Morgan fingerprint density at radius 3 is 2.59 bits per heavy atom. The number of nitrogens with zero attached hydrogens (tertiary/aromatic N) is 5. The van der Waals surface area contributed by atoms with Crippen LogP contribution >= 0.6 is 0 Å². The molecule has 1 aromatic carbocycles. The maximum absolute atomic E-state index is 4.74. The van der Waals surface area contributed by atoms with Crippen molar-refractivity contribution in [3.8, 4) is 11.4 Å². The first kappa shape index (κ1) is 17.1. The lowest BCUT2D eigenvalue weighted by molar-refractivity contribution is 0.707. The number of para-hydroxylation sites is 1. The van der Waals surface area contributed by atoms with Gasteiger partial charge in [0.25, 0.3) is 0 Å². The first-order valence-electron chi connectivity index (χ1n) is 9.42. The summed E-state index contributed by atoms with van der Waals surface area (Å²) in [6.45, 7) is 0. The molecule has 1 atom stereocenters. The first-order chi connectivity index (χ1) is 14.3. The third kappa shape index (κ3) is 3.70. The average molecular weight is 381 g/mol. The van der Waals surface area contributed by atoms with Gasteiger partial charge in [0.1, 0.15) is 11.5 Å². The number of hydrogen-bond acceptors (Lipinski definition) is 5. The van der Waals surface area contributed by atoms with Crippen molar-refractivity contribution in [2.45, 2.75) is 12.5 Å². The van der Waals surface area contributed by atoms with E-state index in [-0.39, 0.29) is 6.04 Å². The average Bonchev–Trinajstić information content (AvgIpc) is 3.42. The normalized spacial score (nSPS) is 12.1. The fraction of sp³-hybridized carbons (Fsp3) is 0.0909. The monoisotopic (exact) mass is 381 g/mol. The van der Waals surface area contributed by atoms with Gasteiger partial charge < -0.3 is 9.72 Å². The first-order valence-corrected chi connectivity index (χ1v) is 9.42. The number of H-pyrrole nitrogens is 1. The van der Waals surface area contributed by atoms with Gasteiger partial charge in [-0.05, 0) is 36.4 Å². The molecule has 0 saturated heterocycles. The summed E-state index contributed by atoms with van der Waals surface area (Å²) < 4.78 is 2.03. The van der Waals surface area contributed by atoms with E-state index in [1.54, 1.807) is 12.4 Å². The molecule has 5 aromatic rings. The topological polar surface area (TPSA) is 83.8 Å². The Hall–Kier alpha value is -4.00. The second-order valence-electron chi connectivity index (χ2n) is 6.75. The molecule has 29 heavy (non-hydrogen) atoms. The van der Waals surface area contributed by atoms with E-state index in [2.05, 4.69) is 26.7 Å². The summed E-state index contributed by atoms with van der Waals surface area (Å²) in [5, 5.41) is 11.1. The summed E-state index contributed by atoms with van der Waals surface area (Å²) in [5.74, 6) is 1.41. The van der Waals surface area contributed by atoms with Crippen LogP contribution in [0.5, 0.6) is 0 Å². The van der Waals surface area contributed by atoms with E-state index in [1.807, 2.05) is 71.3 Å². The van der Waals surface area contributed by atoms with Crippen molar-refractivity contribution < 1.29 is 0 Å². The number of benzene rings is 1. The molecule has 0 aliphatic heterocycles. The molecule has 7 nitrogen and oxygen atoms in total. The van der Waals surface area contributed by atoms with Gasteiger partial charge in [-0.25, -0.2) is 9.97 Å². The van der Waals surface area contributed by atoms with Crippen molar-refractivity contribution in [3.63, 3.8) is 0 Å². The molecule has 4 heterocycles. The molecular formula is C22H19N7. The summed E-state index contributed by atoms with van der Waals surface area (Å²) in [5.41, 5.74) is 3.85. The van der Waals surface area contributed by atoms with Gasteiger partial charge in [-0.15, -0.1) is 0 Å². The third-order valence-electron chi connectivity index (χ3n) is 4.71. The molecule has 7 heteroatoms. The fourth-order valence-corrected chi connectivity index (χ4v) is 3.31. The number of aromatic nitrogens is 6. The minimum absolute atomic E-state index is 0.106. The number of nitrogens with one attached hydrogen (secondary N) is 2. The predicted molar refractivity (Wildman–Crippen MR) is 111 cm³/mol. The van der Waals surface area contributed by atoms with E-state index in [0.717, 1.165) is 28.4 Å². The van der Waals surface area contributed by atoms with Crippen LogP contribution in [0.3, 0.4) is 0 Å². The second kappa shape index (κ2) is 7.55. The van der Waals surface area contributed by atoms with E-state index in [9.17, 15) is 0 Å². The predicted octanol–water partition coefficient (Wildman–Crippen LogP) is 3.91. The quantitative estimate of drug-likeness (QED) is 0.466. The van der Waals surface area contributed by atoms with Crippen LogP contribution in [0.4, 0.5) is 5.69 Å². The Bertz CT molecular complexity index is 1180. The smallest absolute Gasteiger partial charge is 0.181 e. The molecule has 4 aromatic heterocycles. The van der Waals surface area contributed by atoms with Gasteiger partial charge in [0.15, 0.2) is 5.82 Å². The SMILES string of the molecule is c1ccc(NC(Cc2cn3ccccc3n2)c2nc(-c3ccncc3)n[nH]2)cc1. The maximum Gasteiger partial charge on any atom is 0.181 e. The molecule has 0 amide bonds. The number of fused-ring (bicyclic) bond motifs is 1. The second-order valence-corrected chi connectivity index (χ2v) is 6.75. The Morgan fingerprint density at radius 2 is 1.76 bits per heavy atom. The van der Waals surface area contributed by atoms with Crippen LogP contribution < -0.4 is 5.32 Å². The summed E-state index contributed by atoms with van der Waals surface area (Å²) in [7, 11) is 0. The number of aromatic amines is 1. The highest BCUT2D eigenvalue weighted by molar-refractivity contribution is 5.53. The van der Waals surface area contributed by atoms with Crippen molar-refractivity contribution in [3.05, 3.63) is 97.0 Å². The summed E-state index contributed by atoms with van der Waals surface area (Å²) >= 11 is 0. The zero-order valence-corrected chi connectivity index (χ0v) is 15.6. The molecule has 0 spiro atoms. The van der Waals surface area contributed by atoms with Crippen molar-refractivity contribution in [2.75, 3.05) is 5.32 Å². The molecule has 2 N–H and O–H groups in total. The van der Waals surface area contributed by atoms with Gasteiger partial charge in [-0.2, -0.15) is 5.10 Å². The van der Waals surface area contributed by atoms with E-state index in [0.29, 0.717) is 12.2 Å². The largest absolute Gasteiger partial charge is 0.375 e. The standard InChI is InChI=1S/C22H19N7/c1-2-6-17(7-3-1)24-19(14-18-15-29-13-5-4-8-20(29)25-18)22-26-21(27-28-22)16-9-11-23-12-10-16/h1-13,15,19,24H,14H2,(H,26,27,28). The lowest BCUT2D eigenvalue weighted by atomic mass is 10.1. The van der Waals surface area contributed by atoms with Gasteiger partial charge in [0.2, 0.25) is 0 Å². The summed E-state index contributed by atoms with van der Waals surface area (Å²) in [6, 6.07) is 19.8. The maximum atomic E-state index is 4.74. The molecule has 1 unspecified atom stereocenters. The van der Waals surface area contributed by atoms with Crippen LogP contribution in [0, 0.1) is 0 Å². The number of imidazole rings is 1. The van der Waals surface area contributed by atoms with Crippen molar-refractivity contribution in [2.24, 2.45) is 0 Å². The lowest BCUT2D eigenvalue weighted by Gasteiger charge is -2.16. The zero-order valence-electron chi connectivity index (χ0n) is 15.6. The molecule has 0 radical (unpaired) electrons. The minimum Gasteiger partial charge on any atom is -0.375 e. The highest BCUT2D eigenvalue weighted by atomic mass is 15.2. The number of anilines is 1. The van der Waals surface area contributed by atoms with E-state index < -0.39 is 0 Å². The Morgan fingerprint density at radius 1 is 0.931 bits per heavy atom. The Labute approximate surface area is 167 Å². The minimum atomic E-state index is -0.106. The molecule has 0 saturated carbocycles. The van der Waals surface area contributed by atoms with Crippen LogP contribution in [0.25, 0.3) is 17.0 Å². The third-order valence-corrected chi connectivity index (χ3v) is 4.71. The molecule has 0 aliphatic carbocycles. The van der Waals surface area contributed by atoms with Crippen molar-refractivity contribution in [1.29, 1.82) is 0 Å². The molecule has 142 valence electrons. The Kier molecular flexibility index (Phi) is 4.46. The molecule has 0 aliphatic rings. The van der Waals surface area contributed by atoms with Crippen LogP contribution in [0.2, 0.25) is 0 Å².